The lowest BCUT2D eigenvalue weighted by Gasteiger charge is -2.15. The molecule has 1 unspecified atom stereocenters. The van der Waals surface area contributed by atoms with Gasteiger partial charge < -0.3 is 15.7 Å². The summed E-state index contributed by atoms with van der Waals surface area (Å²) >= 11 is 11.1. The van der Waals surface area contributed by atoms with E-state index in [0.717, 1.165) is 25.9 Å². The molecule has 1 fully saturated rings. The molecular weight excluding hydrogens is 299 g/mol. The van der Waals surface area contributed by atoms with Gasteiger partial charge in [0.15, 0.2) is 0 Å². The Hall–Kier alpha value is -0.970. The molecule has 1 aliphatic rings. The third kappa shape index (κ3) is 5.99. The van der Waals surface area contributed by atoms with Crippen molar-refractivity contribution in [1.82, 2.24) is 4.90 Å². The number of phenols is 1. The highest BCUT2D eigenvalue weighted by atomic mass is 35.5. The second-order valence-corrected chi connectivity index (χ2v) is 5.68. The van der Waals surface area contributed by atoms with Gasteiger partial charge in [-0.2, -0.15) is 0 Å². The molecule has 0 aromatic heterocycles. The van der Waals surface area contributed by atoms with Crippen LogP contribution in [0.5, 0.6) is 5.75 Å². The second kappa shape index (κ2) is 8.35. The highest BCUT2D eigenvalue weighted by Crippen LogP contribution is 2.25. The minimum absolute atomic E-state index is 0.00287. The van der Waals surface area contributed by atoms with Gasteiger partial charge in [-0.15, -0.1) is 0 Å². The van der Waals surface area contributed by atoms with E-state index < -0.39 is 0 Å². The van der Waals surface area contributed by atoms with Crippen LogP contribution in [0.15, 0.2) is 18.2 Å². The Balaban J connectivity index is 0.000000204. The molecule has 1 heterocycles. The van der Waals surface area contributed by atoms with Crippen molar-refractivity contribution in [2.75, 3.05) is 13.1 Å². The van der Waals surface area contributed by atoms with Crippen LogP contribution < -0.4 is 5.73 Å². The average molecular weight is 319 g/mol. The molecule has 1 aliphatic heterocycles. The molecule has 1 atom stereocenters. The highest BCUT2D eigenvalue weighted by molar-refractivity contribution is 6.42. The molecule has 1 aromatic rings. The number of halogens is 2. The molecule has 112 valence electrons. The van der Waals surface area contributed by atoms with Crippen molar-refractivity contribution in [3.05, 3.63) is 28.2 Å². The number of benzene rings is 1. The van der Waals surface area contributed by atoms with E-state index in [1.807, 2.05) is 11.8 Å². The van der Waals surface area contributed by atoms with Gasteiger partial charge in [-0.1, -0.05) is 23.2 Å². The molecule has 6 heteroatoms. The van der Waals surface area contributed by atoms with Crippen LogP contribution in [0.3, 0.4) is 0 Å². The van der Waals surface area contributed by atoms with E-state index in [1.54, 1.807) is 6.07 Å². The van der Waals surface area contributed by atoms with Gasteiger partial charge >= 0.3 is 0 Å². The second-order valence-electron chi connectivity index (χ2n) is 4.87. The van der Waals surface area contributed by atoms with Gasteiger partial charge in [0, 0.05) is 25.6 Å². The van der Waals surface area contributed by atoms with Crippen molar-refractivity contribution in [2.45, 2.75) is 32.2 Å². The number of rotatable bonds is 2. The number of phenolic OH excluding ortho intramolecular Hbond substituents is 1. The molecule has 0 saturated carbocycles. The fraction of sp³-hybridized carbons (Fsp3) is 0.500. The predicted octanol–water partition coefficient (Wildman–Crippen LogP) is 3.05. The number of hydrogen-bond donors (Lipinski definition) is 2. The summed E-state index contributed by atoms with van der Waals surface area (Å²) in [5.74, 6) is 0.349. The lowest BCUT2D eigenvalue weighted by molar-refractivity contribution is -0.130. The van der Waals surface area contributed by atoms with Crippen molar-refractivity contribution in [1.29, 1.82) is 0 Å². The first-order valence-electron chi connectivity index (χ1n) is 6.57. The maximum absolute atomic E-state index is 11.3. The van der Waals surface area contributed by atoms with E-state index in [-0.39, 0.29) is 17.7 Å². The quantitative estimate of drug-likeness (QED) is 0.880. The van der Waals surface area contributed by atoms with Crippen LogP contribution in [-0.4, -0.2) is 35.0 Å². The molecule has 4 nitrogen and oxygen atoms in total. The van der Waals surface area contributed by atoms with E-state index in [0.29, 0.717) is 16.5 Å². The standard InChI is InChI=1S/C8H16N2O.C6H4Cl2O/c1-7(9)6-8(11)10-4-2-3-5-10;7-5-2-1-4(9)3-6(5)8/h7H,2-6,9H2,1H3;1-3,9H. The summed E-state index contributed by atoms with van der Waals surface area (Å²) in [5.41, 5.74) is 5.51. The van der Waals surface area contributed by atoms with E-state index >= 15 is 0 Å². The smallest absolute Gasteiger partial charge is 0.224 e. The molecule has 20 heavy (non-hydrogen) atoms. The molecule has 0 spiro atoms. The van der Waals surface area contributed by atoms with Crippen LogP contribution in [-0.2, 0) is 4.79 Å². The van der Waals surface area contributed by atoms with E-state index in [2.05, 4.69) is 0 Å². The number of nitrogens with zero attached hydrogens (tertiary/aromatic N) is 1. The SMILES string of the molecule is CC(N)CC(=O)N1CCCC1.Oc1ccc(Cl)c(Cl)c1. The first-order valence-corrected chi connectivity index (χ1v) is 7.33. The molecule has 1 aromatic carbocycles. The van der Waals surface area contributed by atoms with Gasteiger partial charge in [-0.3, -0.25) is 4.79 Å². The van der Waals surface area contributed by atoms with Crippen molar-refractivity contribution >= 4 is 29.1 Å². The number of nitrogens with two attached hydrogens (primary N) is 1. The fourth-order valence-corrected chi connectivity index (χ4v) is 2.15. The van der Waals surface area contributed by atoms with Crippen LogP contribution in [0.4, 0.5) is 0 Å². The minimum Gasteiger partial charge on any atom is -0.508 e. The van der Waals surface area contributed by atoms with E-state index in [1.165, 1.54) is 12.1 Å². The molecule has 0 aliphatic carbocycles. The molecule has 1 amide bonds. The predicted molar refractivity (Wildman–Crippen MR) is 82.2 cm³/mol. The van der Waals surface area contributed by atoms with Gasteiger partial charge in [-0.05, 0) is 38.0 Å². The van der Waals surface area contributed by atoms with Gasteiger partial charge in [-0.25, -0.2) is 0 Å². The van der Waals surface area contributed by atoms with Crippen molar-refractivity contribution in [3.63, 3.8) is 0 Å². The van der Waals surface area contributed by atoms with Crippen molar-refractivity contribution in [2.24, 2.45) is 5.73 Å². The Morgan fingerprint density at radius 2 is 1.95 bits per heavy atom. The monoisotopic (exact) mass is 318 g/mol. The van der Waals surface area contributed by atoms with Gasteiger partial charge in [0.2, 0.25) is 5.91 Å². The summed E-state index contributed by atoms with van der Waals surface area (Å²) in [6.45, 7) is 3.74. The van der Waals surface area contributed by atoms with Crippen molar-refractivity contribution in [3.8, 4) is 5.75 Å². The summed E-state index contributed by atoms with van der Waals surface area (Å²) in [4.78, 5) is 13.2. The zero-order valence-corrected chi connectivity index (χ0v) is 13.0. The lowest BCUT2D eigenvalue weighted by Crippen LogP contribution is -2.32. The summed E-state index contributed by atoms with van der Waals surface area (Å²) in [6.07, 6.45) is 2.81. The Bertz CT molecular complexity index is 447. The lowest BCUT2D eigenvalue weighted by atomic mass is 10.2. The van der Waals surface area contributed by atoms with Crippen LogP contribution in [0.25, 0.3) is 0 Å². The highest BCUT2D eigenvalue weighted by Gasteiger charge is 2.18. The van der Waals surface area contributed by atoms with Crippen molar-refractivity contribution < 1.29 is 9.90 Å². The zero-order valence-electron chi connectivity index (χ0n) is 11.5. The summed E-state index contributed by atoms with van der Waals surface area (Å²) < 4.78 is 0. The van der Waals surface area contributed by atoms with Gasteiger partial charge in [0.1, 0.15) is 5.75 Å². The molecule has 1 saturated heterocycles. The number of carbonyl (C=O) groups excluding carboxylic acids is 1. The first kappa shape index (κ1) is 17.1. The Labute approximate surface area is 129 Å². The number of likely N-dealkylation sites (tertiary alicyclic amines) is 1. The molecule has 2 rings (SSSR count). The topological polar surface area (TPSA) is 66.6 Å². The van der Waals surface area contributed by atoms with Crippen LogP contribution in [0.2, 0.25) is 10.0 Å². The van der Waals surface area contributed by atoms with E-state index in [9.17, 15) is 4.79 Å². The summed E-state index contributed by atoms with van der Waals surface area (Å²) in [6, 6.07) is 4.42. The van der Waals surface area contributed by atoms with Crippen LogP contribution >= 0.6 is 23.2 Å². The average Bonchev–Trinajstić information content (AvgIpc) is 2.88. The first-order chi connectivity index (χ1) is 9.40. The molecule has 0 radical (unpaired) electrons. The Kier molecular flexibility index (Phi) is 7.13. The number of aromatic hydroxyl groups is 1. The number of carbonyl (C=O) groups is 1. The molecule has 3 N–H and O–H groups in total. The number of hydrogen-bond acceptors (Lipinski definition) is 3. The molecular formula is C14H20Cl2N2O2. The van der Waals surface area contributed by atoms with E-state index in [4.69, 9.17) is 34.0 Å². The fourth-order valence-electron chi connectivity index (χ4n) is 1.86. The van der Waals surface area contributed by atoms with Crippen LogP contribution in [0.1, 0.15) is 26.2 Å². The maximum Gasteiger partial charge on any atom is 0.224 e. The third-order valence-electron chi connectivity index (χ3n) is 2.86. The number of amides is 1. The van der Waals surface area contributed by atoms with Gasteiger partial charge in [0.25, 0.3) is 0 Å². The normalized spacial score (nSPS) is 15.5. The Morgan fingerprint density at radius 1 is 1.35 bits per heavy atom. The Morgan fingerprint density at radius 3 is 2.40 bits per heavy atom. The maximum atomic E-state index is 11.3. The largest absolute Gasteiger partial charge is 0.508 e. The van der Waals surface area contributed by atoms with Crippen LogP contribution in [0, 0.1) is 0 Å². The third-order valence-corrected chi connectivity index (χ3v) is 3.60. The summed E-state index contributed by atoms with van der Waals surface area (Å²) in [7, 11) is 0. The molecule has 0 bridgehead atoms. The zero-order chi connectivity index (χ0) is 15.1. The minimum atomic E-state index is 0.00287. The summed E-state index contributed by atoms with van der Waals surface area (Å²) in [5, 5.41) is 9.62. The van der Waals surface area contributed by atoms with Gasteiger partial charge in [0.05, 0.1) is 10.0 Å².